The second-order valence-electron chi connectivity index (χ2n) is 5.16. The van der Waals surface area contributed by atoms with E-state index in [4.69, 9.17) is 5.73 Å². The summed E-state index contributed by atoms with van der Waals surface area (Å²) < 4.78 is 13.2. The molecule has 1 aromatic rings. The van der Waals surface area contributed by atoms with Crippen molar-refractivity contribution >= 4 is 12.4 Å². The Morgan fingerprint density at radius 1 is 1.44 bits per heavy atom. The lowest BCUT2D eigenvalue weighted by Gasteiger charge is -2.38. The number of likely N-dealkylation sites (tertiary alicyclic amines) is 1. The SMILES string of the molecule is CC1CN(C(C)c2cccc(F)c2)CCC1N.Cl. The van der Waals surface area contributed by atoms with Gasteiger partial charge in [0.05, 0.1) is 0 Å². The molecule has 102 valence electrons. The first-order valence-corrected chi connectivity index (χ1v) is 6.33. The van der Waals surface area contributed by atoms with E-state index in [-0.39, 0.29) is 24.3 Å². The van der Waals surface area contributed by atoms with Gasteiger partial charge in [0.2, 0.25) is 0 Å². The number of hydrogen-bond acceptors (Lipinski definition) is 2. The van der Waals surface area contributed by atoms with E-state index in [1.807, 2.05) is 6.07 Å². The summed E-state index contributed by atoms with van der Waals surface area (Å²) in [7, 11) is 0. The predicted molar refractivity (Wildman–Crippen MR) is 75.4 cm³/mol. The third-order valence-electron chi connectivity index (χ3n) is 3.88. The Hall–Kier alpha value is -0.640. The zero-order valence-electron chi connectivity index (χ0n) is 11.0. The summed E-state index contributed by atoms with van der Waals surface area (Å²) in [5.74, 6) is 0.357. The molecule has 2 nitrogen and oxygen atoms in total. The van der Waals surface area contributed by atoms with Crippen LogP contribution >= 0.6 is 12.4 Å². The molecule has 4 heteroatoms. The number of benzene rings is 1. The molecule has 0 aliphatic carbocycles. The van der Waals surface area contributed by atoms with Crippen LogP contribution < -0.4 is 5.73 Å². The zero-order chi connectivity index (χ0) is 12.4. The van der Waals surface area contributed by atoms with E-state index in [1.54, 1.807) is 12.1 Å². The molecule has 1 fully saturated rings. The van der Waals surface area contributed by atoms with Crippen LogP contribution in [0.4, 0.5) is 4.39 Å². The van der Waals surface area contributed by atoms with Gasteiger partial charge in [0, 0.05) is 25.2 Å². The van der Waals surface area contributed by atoms with E-state index < -0.39 is 0 Å². The minimum Gasteiger partial charge on any atom is -0.327 e. The normalized spacial score (nSPS) is 26.4. The van der Waals surface area contributed by atoms with Crippen LogP contribution in [0.2, 0.25) is 0 Å². The van der Waals surface area contributed by atoms with Gasteiger partial charge in [0.15, 0.2) is 0 Å². The summed E-state index contributed by atoms with van der Waals surface area (Å²) >= 11 is 0. The Morgan fingerprint density at radius 2 is 2.17 bits per heavy atom. The molecular formula is C14H22ClFN2. The molecular weight excluding hydrogens is 251 g/mol. The van der Waals surface area contributed by atoms with Gasteiger partial charge in [-0.3, -0.25) is 4.90 Å². The van der Waals surface area contributed by atoms with Crippen LogP contribution in [0.25, 0.3) is 0 Å². The molecule has 0 bridgehead atoms. The van der Waals surface area contributed by atoms with Crippen molar-refractivity contribution in [2.45, 2.75) is 32.4 Å². The monoisotopic (exact) mass is 272 g/mol. The molecule has 2 rings (SSSR count). The minimum absolute atomic E-state index is 0. The Balaban J connectivity index is 0.00000162. The molecule has 1 aromatic carbocycles. The van der Waals surface area contributed by atoms with Crippen LogP contribution in [0.1, 0.15) is 31.9 Å². The molecule has 3 unspecified atom stereocenters. The van der Waals surface area contributed by atoms with E-state index in [2.05, 4.69) is 18.7 Å². The van der Waals surface area contributed by atoms with Crippen molar-refractivity contribution < 1.29 is 4.39 Å². The van der Waals surface area contributed by atoms with Crippen LogP contribution in [0.3, 0.4) is 0 Å². The molecule has 1 aliphatic heterocycles. The summed E-state index contributed by atoms with van der Waals surface area (Å²) in [6, 6.07) is 7.47. The maximum absolute atomic E-state index is 13.2. The van der Waals surface area contributed by atoms with Gasteiger partial charge in [0.1, 0.15) is 5.82 Å². The fourth-order valence-electron chi connectivity index (χ4n) is 2.53. The second-order valence-corrected chi connectivity index (χ2v) is 5.16. The smallest absolute Gasteiger partial charge is 0.123 e. The number of nitrogens with zero attached hydrogens (tertiary/aromatic N) is 1. The number of nitrogens with two attached hydrogens (primary N) is 1. The fraction of sp³-hybridized carbons (Fsp3) is 0.571. The van der Waals surface area contributed by atoms with E-state index in [9.17, 15) is 4.39 Å². The maximum Gasteiger partial charge on any atom is 0.123 e. The summed E-state index contributed by atoms with van der Waals surface area (Å²) in [6.07, 6.45) is 1.03. The van der Waals surface area contributed by atoms with Gasteiger partial charge in [0.25, 0.3) is 0 Å². The van der Waals surface area contributed by atoms with Gasteiger partial charge in [-0.2, -0.15) is 0 Å². The molecule has 0 saturated carbocycles. The van der Waals surface area contributed by atoms with Crippen molar-refractivity contribution in [2.75, 3.05) is 13.1 Å². The third kappa shape index (κ3) is 3.44. The quantitative estimate of drug-likeness (QED) is 0.897. The lowest BCUT2D eigenvalue weighted by molar-refractivity contribution is 0.124. The second kappa shape index (κ2) is 6.50. The van der Waals surface area contributed by atoms with Crippen molar-refractivity contribution in [3.05, 3.63) is 35.6 Å². The highest BCUT2D eigenvalue weighted by Crippen LogP contribution is 2.26. The Kier molecular flexibility index (Phi) is 5.57. The molecule has 3 atom stereocenters. The van der Waals surface area contributed by atoms with E-state index in [1.165, 1.54) is 6.07 Å². The molecule has 0 amide bonds. The first-order chi connectivity index (χ1) is 8.08. The number of hydrogen-bond donors (Lipinski definition) is 1. The van der Waals surface area contributed by atoms with E-state index in [0.717, 1.165) is 25.1 Å². The standard InChI is InChI=1S/C14H21FN2.ClH/c1-10-9-17(7-6-14(10)16)11(2)12-4-3-5-13(15)8-12;/h3-5,8,10-11,14H,6-7,9,16H2,1-2H3;1H. The first kappa shape index (κ1) is 15.4. The Labute approximate surface area is 115 Å². The van der Waals surface area contributed by atoms with Gasteiger partial charge in [-0.05, 0) is 37.0 Å². The Morgan fingerprint density at radius 3 is 2.78 bits per heavy atom. The minimum atomic E-state index is -0.156. The van der Waals surface area contributed by atoms with Gasteiger partial charge in [-0.25, -0.2) is 4.39 Å². The van der Waals surface area contributed by atoms with Crippen LogP contribution in [-0.4, -0.2) is 24.0 Å². The highest BCUT2D eigenvalue weighted by molar-refractivity contribution is 5.85. The number of rotatable bonds is 2. The summed E-state index contributed by atoms with van der Waals surface area (Å²) in [5.41, 5.74) is 7.07. The topological polar surface area (TPSA) is 29.3 Å². The van der Waals surface area contributed by atoms with E-state index in [0.29, 0.717) is 12.0 Å². The molecule has 0 spiro atoms. The van der Waals surface area contributed by atoms with Crippen molar-refractivity contribution in [1.82, 2.24) is 4.90 Å². The van der Waals surface area contributed by atoms with E-state index >= 15 is 0 Å². The molecule has 18 heavy (non-hydrogen) atoms. The van der Waals surface area contributed by atoms with Crippen molar-refractivity contribution in [3.63, 3.8) is 0 Å². The molecule has 1 heterocycles. The molecule has 0 radical (unpaired) electrons. The highest BCUT2D eigenvalue weighted by Gasteiger charge is 2.26. The predicted octanol–water partition coefficient (Wildman–Crippen LogP) is 2.98. The first-order valence-electron chi connectivity index (χ1n) is 6.33. The van der Waals surface area contributed by atoms with Crippen molar-refractivity contribution in [2.24, 2.45) is 11.7 Å². The lowest BCUT2D eigenvalue weighted by Crippen LogP contribution is -2.46. The number of piperidine rings is 1. The highest BCUT2D eigenvalue weighted by atomic mass is 35.5. The average molecular weight is 273 g/mol. The lowest BCUT2D eigenvalue weighted by atomic mass is 9.92. The zero-order valence-corrected chi connectivity index (χ0v) is 11.8. The van der Waals surface area contributed by atoms with Crippen LogP contribution in [-0.2, 0) is 0 Å². The van der Waals surface area contributed by atoms with Crippen LogP contribution in [0.15, 0.2) is 24.3 Å². The largest absolute Gasteiger partial charge is 0.327 e. The van der Waals surface area contributed by atoms with Gasteiger partial charge < -0.3 is 5.73 Å². The third-order valence-corrected chi connectivity index (χ3v) is 3.88. The molecule has 0 aromatic heterocycles. The van der Waals surface area contributed by atoms with Crippen molar-refractivity contribution in [3.8, 4) is 0 Å². The maximum atomic E-state index is 13.2. The summed E-state index contributed by atoms with van der Waals surface area (Å²) in [4.78, 5) is 2.39. The fourth-order valence-corrected chi connectivity index (χ4v) is 2.53. The summed E-state index contributed by atoms with van der Waals surface area (Å²) in [5, 5.41) is 0. The van der Waals surface area contributed by atoms with Gasteiger partial charge in [-0.1, -0.05) is 19.1 Å². The molecule has 2 N–H and O–H groups in total. The number of halogens is 2. The summed E-state index contributed by atoms with van der Waals surface area (Å²) in [6.45, 7) is 6.33. The molecule has 1 aliphatic rings. The van der Waals surface area contributed by atoms with Gasteiger partial charge in [-0.15, -0.1) is 12.4 Å². The van der Waals surface area contributed by atoms with Crippen LogP contribution in [0.5, 0.6) is 0 Å². The molecule has 1 saturated heterocycles. The van der Waals surface area contributed by atoms with Crippen LogP contribution in [0, 0.1) is 11.7 Å². The van der Waals surface area contributed by atoms with Gasteiger partial charge >= 0.3 is 0 Å². The Bertz CT molecular complexity index is 386. The van der Waals surface area contributed by atoms with Crippen molar-refractivity contribution in [1.29, 1.82) is 0 Å². The average Bonchev–Trinajstić information content (AvgIpc) is 2.32.